The van der Waals surface area contributed by atoms with Crippen LogP contribution in [0.1, 0.15) is 35.4 Å². The molecule has 1 saturated heterocycles. The fourth-order valence-corrected chi connectivity index (χ4v) is 3.45. The first kappa shape index (κ1) is 14.2. The quantitative estimate of drug-likeness (QED) is 0.729. The van der Waals surface area contributed by atoms with Gasteiger partial charge >= 0.3 is 0 Å². The zero-order chi connectivity index (χ0) is 15.3. The fourth-order valence-electron chi connectivity index (χ4n) is 3.45. The van der Waals surface area contributed by atoms with Gasteiger partial charge in [-0.2, -0.15) is 0 Å². The van der Waals surface area contributed by atoms with Gasteiger partial charge in [-0.15, -0.1) is 0 Å². The van der Waals surface area contributed by atoms with Gasteiger partial charge in [-0.05, 0) is 13.3 Å². The predicted octanol–water partition coefficient (Wildman–Crippen LogP) is 1.38. The standard InChI is InChI=1S/C15H18O6/c1-6(16)3-7-8-5-21-15(7)12-11(13(8)18)9(17)4-10(20-2)14(12)19/h4,6-8,15-17,19H,3,5H2,1-2H3. The van der Waals surface area contributed by atoms with Gasteiger partial charge in [0.15, 0.2) is 17.3 Å². The highest BCUT2D eigenvalue weighted by Crippen LogP contribution is 2.54. The molecule has 0 aromatic heterocycles. The molecule has 6 heteroatoms. The molecule has 3 rings (SSSR count). The molecule has 1 heterocycles. The molecular weight excluding hydrogens is 276 g/mol. The molecule has 114 valence electrons. The third kappa shape index (κ3) is 1.98. The molecule has 4 unspecified atom stereocenters. The number of hydrogen-bond donors (Lipinski definition) is 3. The summed E-state index contributed by atoms with van der Waals surface area (Å²) in [4.78, 5) is 12.6. The Morgan fingerprint density at radius 3 is 2.81 bits per heavy atom. The Hall–Kier alpha value is -1.79. The highest BCUT2D eigenvalue weighted by molar-refractivity contribution is 6.04. The van der Waals surface area contributed by atoms with Crippen LogP contribution in [-0.4, -0.2) is 40.9 Å². The molecule has 0 amide bonds. The minimum absolute atomic E-state index is 0.101. The second kappa shape index (κ2) is 4.89. The number of carbonyl (C=O) groups excluding carboxylic acids is 1. The van der Waals surface area contributed by atoms with Crippen LogP contribution in [-0.2, 0) is 4.74 Å². The molecule has 2 aliphatic rings. The Labute approximate surface area is 121 Å². The molecule has 3 N–H and O–H groups in total. The number of ether oxygens (including phenoxy) is 2. The summed E-state index contributed by atoms with van der Waals surface area (Å²) >= 11 is 0. The number of aliphatic hydroxyl groups excluding tert-OH is 1. The maximum Gasteiger partial charge on any atom is 0.172 e. The van der Waals surface area contributed by atoms with Crippen LogP contribution in [0, 0.1) is 11.8 Å². The van der Waals surface area contributed by atoms with Crippen LogP contribution in [0.25, 0.3) is 0 Å². The number of carbonyl (C=O) groups is 1. The Balaban J connectivity index is 2.17. The fraction of sp³-hybridized carbons (Fsp3) is 0.533. The first-order valence-electron chi connectivity index (χ1n) is 6.92. The lowest BCUT2D eigenvalue weighted by molar-refractivity contribution is 0.0647. The molecule has 0 spiro atoms. The van der Waals surface area contributed by atoms with Crippen molar-refractivity contribution in [1.29, 1.82) is 0 Å². The normalized spacial score (nSPS) is 28.3. The Morgan fingerprint density at radius 1 is 1.48 bits per heavy atom. The summed E-state index contributed by atoms with van der Waals surface area (Å²) < 4.78 is 10.7. The summed E-state index contributed by atoms with van der Waals surface area (Å²) in [6, 6.07) is 1.24. The van der Waals surface area contributed by atoms with E-state index in [1.807, 2.05) is 0 Å². The average Bonchev–Trinajstić information content (AvgIpc) is 2.74. The molecule has 0 saturated carbocycles. The number of ketones is 1. The monoisotopic (exact) mass is 294 g/mol. The van der Waals surface area contributed by atoms with Crippen molar-refractivity contribution in [3.63, 3.8) is 0 Å². The summed E-state index contributed by atoms with van der Waals surface area (Å²) in [5, 5.41) is 30.0. The molecule has 1 fully saturated rings. The number of aliphatic hydroxyl groups is 1. The van der Waals surface area contributed by atoms with E-state index in [9.17, 15) is 20.1 Å². The number of fused-ring (bicyclic) bond motifs is 4. The van der Waals surface area contributed by atoms with Gasteiger partial charge in [-0.25, -0.2) is 0 Å². The van der Waals surface area contributed by atoms with Crippen molar-refractivity contribution in [3.8, 4) is 17.2 Å². The van der Waals surface area contributed by atoms with Gasteiger partial charge in [0.25, 0.3) is 0 Å². The molecule has 1 aliphatic carbocycles. The van der Waals surface area contributed by atoms with Crippen molar-refractivity contribution in [2.24, 2.45) is 11.8 Å². The minimum Gasteiger partial charge on any atom is -0.507 e. The average molecular weight is 294 g/mol. The predicted molar refractivity (Wildman–Crippen MR) is 72.6 cm³/mol. The van der Waals surface area contributed by atoms with Gasteiger partial charge in [0, 0.05) is 17.5 Å². The summed E-state index contributed by atoms with van der Waals surface area (Å²) in [6.45, 7) is 1.89. The molecular formula is C15H18O6. The Kier molecular flexibility index (Phi) is 3.30. The first-order valence-corrected chi connectivity index (χ1v) is 6.92. The Morgan fingerprint density at radius 2 is 2.19 bits per heavy atom. The van der Waals surface area contributed by atoms with Crippen LogP contribution >= 0.6 is 0 Å². The highest BCUT2D eigenvalue weighted by atomic mass is 16.5. The summed E-state index contributed by atoms with van der Waals surface area (Å²) in [5.74, 6) is -1.14. The highest BCUT2D eigenvalue weighted by Gasteiger charge is 2.51. The van der Waals surface area contributed by atoms with Crippen LogP contribution in [0.4, 0.5) is 0 Å². The number of benzene rings is 1. The SMILES string of the molecule is COc1cc(O)c2c(c1O)C1OCC(C2=O)C1CC(C)O. The van der Waals surface area contributed by atoms with Gasteiger partial charge in [-0.3, -0.25) is 4.79 Å². The largest absolute Gasteiger partial charge is 0.507 e. The zero-order valence-corrected chi connectivity index (χ0v) is 11.9. The lowest BCUT2D eigenvalue weighted by Crippen LogP contribution is -2.32. The van der Waals surface area contributed by atoms with E-state index in [0.29, 0.717) is 6.42 Å². The van der Waals surface area contributed by atoms with Crippen LogP contribution in [0.5, 0.6) is 17.2 Å². The lowest BCUT2D eigenvalue weighted by atomic mass is 9.72. The minimum atomic E-state index is -0.572. The number of phenolic OH excluding ortho intramolecular Hbond substituents is 2. The number of hydrogen-bond acceptors (Lipinski definition) is 6. The second-order valence-corrected chi connectivity index (χ2v) is 5.71. The van der Waals surface area contributed by atoms with Gasteiger partial charge in [0.1, 0.15) is 5.75 Å². The smallest absolute Gasteiger partial charge is 0.172 e. The number of rotatable bonds is 3. The third-order valence-corrected chi connectivity index (χ3v) is 4.34. The molecule has 1 aromatic carbocycles. The van der Waals surface area contributed by atoms with Crippen molar-refractivity contribution in [1.82, 2.24) is 0 Å². The van der Waals surface area contributed by atoms with Crippen molar-refractivity contribution >= 4 is 5.78 Å². The van der Waals surface area contributed by atoms with Crippen LogP contribution in [0.2, 0.25) is 0 Å². The maximum absolute atomic E-state index is 12.6. The van der Waals surface area contributed by atoms with E-state index in [1.165, 1.54) is 13.2 Å². The second-order valence-electron chi connectivity index (χ2n) is 5.71. The van der Waals surface area contributed by atoms with Crippen molar-refractivity contribution < 1.29 is 29.6 Å². The van der Waals surface area contributed by atoms with E-state index >= 15 is 0 Å². The molecule has 6 nitrogen and oxygen atoms in total. The van der Waals surface area contributed by atoms with Gasteiger partial charge in [0.05, 0.1) is 37.4 Å². The molecule has 4 atom stereocenters. The van der Waals surface area contributed by atoms with Crippen LogP contribution in [0.3, 0.4) is 0 Å². The maximum atomic E-state index is 12.6. The molecule has 2 bridgehead atoms. The van der Waals surface area contributed by atoms with Gasteiger partial charge in [-0.1, -0.05) is 0 Å². The van der Waals surface area contributed by atoms with E-state index in [2.05, 4.69) is 0 Å². The van der Waals surface area contributed by atoms with Crippen molar-refractivity contribution in [3.05, 3.63) is 17.2 Å². The van der Waals surface area contributed by atoms with E-state index in [1.54, 1.807) is 6.92 Å². The topological polar surface area (TPSA) is 96.2 Å². The molecule has 1 aliphatic heterocycles. The third-order valence-electron chi connectivity index (χ3n) is 4.34. The number of aromatic hydroxyl groups is 2. The number of Topliss-reactive ketones (excluding diaryl/α,β-unsaturated/α-hetero) is 1. The van der Waals surface area contributed by atoms with Crippen molar-refractivity contribution in [2.75, 3.05) is 13.7 Å². The zero-order valence-electron chi connectivity index (χ0n) is 11.9. The molecule has 1 aromatic rings. The molecule has 21 heavy (non-hydrogen) atoms. The van der Waals surface area contributed by atoms with Gasteiger partial charge < -0.3 is 24.8 Å². The van der Waals surface area contributed by atoms with E-state index in [0.717, 1.165) is 0 Å². The van der Waals surface area contributed by atoms with Crippen molar-refractivity contribution in [2.45, 2.75) is 25.6 Å². The summed E-state index contributed by atoms with van der Waals surface area (Å²) in [7, 11) is 1.37. The van der Waals surface area contributed by atoms with E-state index in [4.69, 9.17) is 9.47 Å². The summed E-state index contributed by atoms with van der Waals surface area (Å²) in [5.41, 5.74) is 0.388. The van der Waals surface area contributed by atoms with Gasteiger partial charge in [0.2, 0.25) is 0 Å². The van der Waals surface area contributed by atoms with Crippen LogP contribution < -0.4 is 4.74 Å². The number of phenols is 2. The van der Waals surface area contributed by atoms with E-state index in [-0.39, 0.29) is 46.7 Å². The molecule has 0 radical (unpaired) electrons. The summed E-state index contributed by atoms with van der Waals surface area (Å²) in [6.07, 6.45) is -0.687. The Bertz CT molecular complexity index is 594. The van der Waals surface area contributed by atoms with Crippen LogP contribution in [0.15, 0.2) is 6.07 Å². The van der Waals surface area contributed by atoms with E-state index < -0.39 is 18.1 Å². The number of methoxy groups -OCH3 is 1. The lowest BCUT2D eigenvalue weighted by Gasteiger charge is -2.31. The first-order chi connectivity index (χ1) is 9.95.